The number of piperidine rings is 1. The molecule has 102 valence electrons. The third-order valence-corrected chi connectivity index (χ3v) is 4.25. The van der Waals surface area contributed by atoms with Crippen LogP contribution in [-0.2, 0) is 10.0 Å². The smallest absolute Gasteiger partial charge is 0.210 e. The van der Waals surface area contributed by atoms with E-state index >= 15 is 0 Å². The molecule has 1 heterocycles. The van der Waals surface area contributed by atoms with Crippen LogP contribution in [0, 0.1) is 5.92 Å². The van der Waals surface area contributed by atoms with Gasteiger partial charge >= 0.3 is 0 Å². The molecule has 0 aliphatic carbocycles. The lowest BCUT2D eigenvalue weighted by Gasteiger charge is -2.38. The van der Waals surface area contributed by atoms with Crippen molar-refractivity contribution in [3.8, 4) is 0 Å². The topological polar surface area (TPSA) is 75.4 Å². The zero-order valence-electron chi connectivity index (χ0n) is 10.9. The number of likely N-dealkylation sites (tertiary alicyclic amines) is 1. The van der Waals surface area contributed by atoms with Crippen LogP contribution in [0.25, 0.3) is 0 Å². The van der Waals surface area contributed by atoms with E-state index in [0.717, 1.165) is 32.5 Å². The van der Waals surface area contributed by atoms with Gasteiger partial charge in [-0.2, -0.15) is 0 Å². The van der Waals surface area contributed by atoms with Gasteiger partial charge in [-0.1, -0.05) is 20.3 Å². The number of nitrogens with zero attached hydrogens (tertiary/aromatic N) is 1. The van der Waals surface area contributed by atoms with Gasteiger partial charge in [-0.15, -0.1) is 0 Å². The Kier molecular flexibility index (Phi) is 5.85. The van der Waals surface area contributed by atoms with E-state index in [1.54, 1.807) is 0 Å². The first-order chi connectivity index (χ1) is 7.96. The molecule has 0 aromatic heterocycles. The Labute approximate surface area is 105 Å². The highest BCUT2D eigenvalue weighted by molar-refractivity contribution is 7.89. The predicted molar refractivity (Wildman–Crippen MR) is 70.3 cm³/mol. The Morgan fingerprint density at radius 3 is 2.65 bits per heavy atom. The van der Waals surface area contributed by atoms with Gasteiger partial charge in [0.25, 0.3) is 0 Å². The van der Waals surface area contributed by atoms with Crippen molar-refractivity contribution in [1.29, 1.82) is 0 Å². The molecule has 6 heteroatoms. The first-order valence-electron chi connectivity index (χ1n) is 6.42. The monoisotopic (exact) mass is 263 g/mol. The lowest BCUT2D eigenvalue weighted by Crippen LogP contribution is -2.50. The van der Waals surface area contributed by atoms with Crippen LogP contribution in [0.5, 0.6) is 0 Å². The Hall–Kier alpha value is -0.170. The second kappa shape index (κ2) is 6.68. The number of hydrogen-bond acceptors (Lipinski definition) is 4. The van der Waals surface area contributed by atoms with E-state index in [1.807, 2.05) is 0 Å². The number of nitrogens with one attached hydrogen (secondary N) is 1. The van der Waals surface area contributed by atoms with Crippen molar-refractivity contribution in [2.75, 3.05) is 31.9 Å². The van der Waals surface area contributed by atoms with Crippen LogP contribution in [0.15, 0.2) is 0 Å². The average molecular weight is 263 g/mol. The second-order valence-electron chi connectivity index (χ2n) is 4.79. The van der Waals surface area contributed by atoms with Crippen LogP contribution in [0.3, 0.4) is 0 Å². The van der Waals surface area contributed by atoms with E-state index in [0.29, 0.717) is 18.5 Å². The van der Waals surface area contributed by atoms with Crippen molar-refractivity contribution in [2.45, 2.75) is 32.7 Å². The standard InChI is InChI=1S/C11H25N3O2S/c1-3-10-9-14(7-8-17(12,15)16)6-5-11(10)13-4-2/h10-11,13H,3-9H2,1-2H3,(H2,12,15,16). The summed E-state index contributed by atoms with van der Waals surface area (Å²) in [6, 6.07) is 0.579. The van der Waals surface area contributed by atoms with Crippen LogP contribution < -0.4 is 10.5 Å². The fourth-order valence-electron chi connectivity index (χ4n) is 2.51. The van der Waals surface area contributed by atoms with Crippen LogP contribution in [-0.4, -0.2) is 51.3 Å². The third-order valence-electron chi connectivity index (χ3n) is 3.50. The summed E-state index contributed by atoms with van der Waals surface area (Å²) in [7, 11) is -3.33. The lowest BCUT2D eigenvalue weighted by molar-refractivity contribution is 0.142. The predicted octanol–water partition coefficient (Wildman–Crippen LogP) is -0.0151. The third kappa shape index (κ3) is 5.33. The maximum atomic E-state index is 10.9. The molecule has 2 atom stereocenters. The molecule has 17 heavy (non-hydrogen) atoms. The van der Waals surface area contributed by atoms with Gasteiger partial charge < -0.3 is 10.2 Å². The maximum absolute atomic E-state index is 10.9. The Morgan fingerprint density at radius 1 is 1.41 bits per heavy atom. The SMILES string of the molecule is CCNC1CCN(CCS(N)(=O)=O)CC1CC. The molecule has 5 nitrogen and oxygen atoms in total. The van der Waals surface area contributed by atoms with Crippen molar-refractivity contribution in [1.82, 2.24) is 10.2 Å². The maximum Gasteiger partial charge on any atom is 0.210 e. The number of sulfonamides is 1. The van der Waals surface area contributed by atoms with E-state index < -0.39 is 10.0 Å². The molecule has 1 saturated heterocycles. The van der Waals surface area contributed by atoms with Crippen molar-refractivity contribution in [3.05, 3.63) is 0 Å². The molecule has 3 N–H and O–H groups in total. The summed E-state index contributed by atoms with van der Waals surface area (Å²) >= 11 is 0. The minimum absolute atomic E-state index is 0.0648. The van der Waals surface area contributed by atoms with E-state index in [2.05, 4.69) is 24.1 Å². The van der Waals surface area contributed by atoms with Gasteiger partial charge in [0, 0.05) is 19.1 Å². The van der Waals surface area contributed by atoms with E-state index in [-0.39, 0.29) is 5.75 Å². The Bertz CT molecular complexity index is 319. The highest BCUT2D eigenvalue weighted by Gasteiger charge is 2.27. The first-order valence-corrected chi connectivity index (χ1v) is 8.14. The molecule has 0 radical (unpaired) electrons. The van der Waals surface area contributed by atoms with Crippen molar-refractivity contribution >= 4 is 10.0 Å². The van der Waals surface area contributed by atoms with Crippen LogP contribution in [0.4, 0.5) is 0 Å². The Morgan fingerprint density at radius 2 is 2.12 bits per heavy atom. The summed E-state index contributed by atoms with van der Waals surface area (Å²) in [5.74, 6) is 0.680. The summed E-state index contributed by atoms with van der Waals surface area (Å²) in [6.07, 6.45) is 2.22. The summed E-state index contributed by atoms with van der Waals surface area (Å²) in [6.45, 7) is 7.82. The molecule has 0 spiro atoms. The van der Waals surface area contributed by atoms with Gasteiger partial charge in [-0.05, 0) is 25.4 Å². The second-order valence-corrected chi connectivity index (χ2v) is 6.52. The molecule has 0 saturated carbocycles. The van der Waals surface area contributed by atoms with Gasteiger partial charge in [-0.25, -0.2) is 13.6 Å². The highest BCUT2D eigenvalue weighted by Crippen LogP contribution is 2.19. The zero-order valence-corrected chi connectivity index (χ0v) is 11.7. The van der Waals surface area contributed by atoms with Crippen LogP contribution >= 0.6 is 0 Å². The highest BCUT2D eigenvalue weighted by atomic mass is 32.2. The van der Waals surface area contributed by atoms with Crippen molar-refractivity contribution in [2.24, 2.45) is 11.1 Å². The molecule has 0 bridgehead atoms. The molecular formula is C11H25N3O2S. The first kappa shape index (κ1) is 14.9. The van der Waals surface area contributed by atoms with E-state index in [1.165, 1.54) is 0 Å². The fourth-order valence-corrected chi connectivity index (χ4v) is 3.02. The number of hydrogen-bond donors (Lipinski definition) is 2. The van der Waals surface area contributed by atoms with Crippen LogP contribution in [0.1, 0.15) is 26.7 Å². The molecule has 1 aliphatic rings. The molecule has 1 aliphatic heterocycles. The molecule has 1 fully saturated rings. The fraction of sp³-hybridized carbons (Fsp3) is 1.00. The van der Waals surface area contributed by atoms with Crippen LogP contribution in [0.2, 0.25) is 0 Å². The van der Waals surface area contributed by atoms with Gasteiger partial charge in [0.05, 0.1) is 5.75 Å². The quantitative estimate of drug-likeness (QED) is 0.706. The van der Waals surface area contributed by atoms with Crippen molar-refractivity contribution in [3.63, 3.8) is 0 Å². The average Bonchev–Trinajstić information content (AvgIpc) is 2.27. The number of rotatable bonds is 6. The normalized spacial score (nSPS) is 27.2. The van der Waals surface area contributed by atoms with Crippen molar-refractivity contribution < 1.29 is 8.42 Å². The summed E-state index contributed by atoms with van der Waals surface area (Å²) < 4.78 is 21.9. The van der Waals surface area contributed by atoms with E-state index in [4.69, 9.17) is 5.14 Å². The minimum Gasteiger partial charge on any atom is -0.314 e. The largest absolute Gasteiger partial charge is 0.314 e. The summed E-state index contributed by atoms with van der Waals surface area (Å²) in [4.78, 5) is 2.21. The molecule has 0 amide bonds. The minimum atomic E-state index is -3.33. The lowest BCUT2D eigenvalue weighted by atomic mass is 9.90. The molecular weight excluding hydrogens is 238 g/mol. The molecule has 0 aromatic carbocycles. The molecule has 0 aromatic rings. The van der Waals surface area contributed by atoms with Gasteiger partial charge in [-0.3, -0.25) is 0 Å². The number of primary sulfonamides is 1. The van der Waals surface area contributed by atoms with Gasteiger partial charge in [0.2, 0.25) is 10.0 Å². The Balaban J connectivity index is 2.42. The summed E-state index contributed by atoms with van der Waals surface area (Å²) in [5.41, 5.74) is 0. The zero-order chi connectivity index (χ0) is 12.9. The number of nitrogens with two attached hydrogens (primary N) is 1. The molecule has 2 unspecified atom stereocenters. The van der Waals surface area contributed by atoms with Gasteiger partial charge in [0.1, 0.15) is 0 Å². The summed E-state index contributed by atoms with van der Waals surface area (Å²) in [5, 5.41) is 8.54. The molecule has 1 rings (SSSR count). The van der Waals surface area contributed by atoms with Gasteiger partial charge in [0.15, 0.2) is 0 Å². The van der Waals surface area contributed by atoms with E-state index in [9.17, 15) is 8.42 Å².